The Labute approximate surface area is 89.5 Å². The maximum Gasteiger partial charge on any atom is 0.120 e. The molecule has 1 rings (SSSR count). The molecule has 3 N–H and O–H groups in total. The largest absolute Gasteiger partial charge is 0.497 e. The van der Waals surface area contributed by atoms with Crippen LogP contribution in [0.2, 0.25) is 0 Å². The van der Waals surface area contributed by atoms with Gasteiger partial charge in [0.05, 0.1) is 19.8 Å². The second-order valence-corrected chi connectivity index (χ2v) is 3.27. The zero-order valence-corrected chi connectivity index (χ0v) is 8.81. The summed E-state index contributed by atoms with van der Waals surface area (Å²) < 4.78 is 5.08. The van der Waals surface area contributed by atoms with E-state index in [1.807, 2.05) is 24.3 Å². The Morgan fingerprint density at radius 2 is 2.20 bits per heavy atom. The molecule has 0 radical (unpaired) electrons. The van der Waals surface area contributed by atoms with Crippen LogP contribution in [0.4, 0.5) is 5.69 Å². The molecule has 1 atom stereocenters. The molecule has 0 aromatic heterocycles. The van der Waals surface area contributed by atoms with Gasteiger partial charge < -0.3 is 20.3 Å². The van der Waals surface area contributed by atoms with Crippen LogP contribution in [-0.2, 0) is 0 Å². The smallest absolute Gasteiger partial charge is 0.120 e. The Kier molecular flexibility index (Phi) is 4.93. The van der Waals surface area contributed by atoms with Gasteiger partial charge in [0.1, 0.15) is 5.75 Å². The fourth-order valence-electron chi connectivity index (χ4n) is 1.31. The maximum absolute atomic E-state index is 9.04. The summed E-state index contributed by atoms with van der Waals surface area (Å²) in [6.45, 7) is 0.0555. The summed E-state index contributed by atoms with van der Waals surface area (Å²) in [5.41, 5.74) is 0.877. The molecule has 0 aliphatic heterocycles. The number of aliphatic hydroxyl groups excluding tert-OH is 2. The highest BCUT2D eigenvalue weighted by Gasteiger charge is 2.06. The number of hydrogen-bond donors (Lipinski definition) is 3. The van der Waals surface area contributed by atoms with Crippen LogP contribution in [0.1, 0.15) is 6.42 Å². The van der Waals surface area contributed by atoms with Crippen molar-refractivity contribution in [2.75, 3.05) is 25.6 Å². The molecular formula is C11H17NO3. The second kappa shape index (κ2) is 6.27. The first-order chi connectivity index (χ1) is 7.30. The van der Waals surface area contributed by atoms with Gasteiger partial charge in [0.2, 0.25) is 0 Å². The summed E-state index contributed by atoms with van der Waals surface area (Å²) in [7, 11) is 1.61. The van der Waals surface area contributed by atoms with Gasteiger partial charge in [-0.3, -0.25) is 0 Å². The summed E-state index contributed by atoms with van der Waals surface area (Å²) in [6, 6.07) is 7.34. The first-order valence-corrected chi connectivity index (χ1v) is 4.92. The van der Waals surface area contributed by atoms with Crippen molar-refractivity contribution < 1.29 is 14.9 Å². The van der Waals surface area contributed by atoms with Crippen molar-refractivity contribution in [1.29, 1.82) is 0 Å². The SMILES string of the molecule is COc1cccc(N[C@H](CO)CCO)c1. The fraction of sp³-hybridized carbons (Fsp3) is 0.455. The first-order valence-electron chi connectivity index (χ1n) is 4.92. The number of anilines is 1. The van der Waals surface area contributed by atoms with E-state index in [1.54, 1.807) is 7.11 Å². The molecule has 0 heterocycles. The third-order valence-corrected chi connectivity index (χ3v) is 2.14. The molecule has 4 nitrogen and oxygen atoms in total. The summed E-state index contributed by atoms with van der Waals surface area (Å²) in [5, 5.41) is 20.9. The van der Waals surface area contributed by atoms with Gasteiger partial charge in [-0.1, -0.05) is 6.07 Å². The molecule has 0 aliphatic rings. The number of rotatable bonds is 6. The second-order valence-electron chi connectivity index (χ2n) is 3.27. The van der Waals surface area contributed by atoms with E-state index in [2.05, 4.69) is 5.32 Å². The average molecular weight is 211 g/mol. The molecule has 1 aromatic rings. The molecule has 84 valence electrons. The monoisotopic (exact) mass is 211 g/mol. The summed E-state index contributed by atoms with van der Waals surface area (Å²) >= 11 is 0. The van der Waals surface area contributed by atoms with Crippen LogP contribution in [0.3, 0.4) is 0 Å². The van der Waals surface area contributed by atoms with Gasteiger partial charge in [0, 0.05) is 18.4 Å². The molecule has 0 aliphatic carbocycles. The Hall–Kier alpha value is -1.26. The third-order valence-electron chi connectivity index (χ3n) is 2.14. The predicted octanol–water partition coefficient (Wildman–Crippen LogP) is 0.850. The molecule has 1 aromatic carbocycles. The zero-order valence-electron chi connectivity index (χ0n) is 8.81. The summed E-state index contributed by atoms with van der Waals surface area (Å²) in [6.07, 6.45) is 0.522. The van der Waals surface area contributed by atoms with Crippen molar-refractivity contribution in [1.82, 2.24) is 0 Å². The molecular weight excluding hydrogens is 194 g/mol. The molecule has 15 heavy (non-hydrogen) atoms. The van der Waals surface area contributed by atoms with Gasteiger partial charge in [-0.05, 0) is 18.6 Å². The van der Waals surface area contributed by atoms with Crippen molar-refractivity contribution >= 4 is 5.69 Å². The van der Waals surface area contributed by atoms with Crippen LogP contribution in [0, 0.1) is 0 Å². The highest BCUT2D eigenvalue weighted by atomic mass is 16.5. The van der Waals surface area contributed by atoms with Gasteiger partial charge >= 0.3 is 0 Å². The fourth-order valence-corrected chi connectivity index (χ4v) is 1.31. The summed E-state index contributed by atoms with van der Waals surface area (Å²) in [4.78, 5) is 0. The van der Waals surface area contributed by atoms with Crippen LogP contribution in [0.25, 0.3) is 0 Å². The normalized spacial score (nSPS) is 12.2. The summed E-state index contributed by atoms with van der Waals surface area (Å²) in [5.74, 6) is 0.765. The molecule has 0 saturated carbocycles. The lowest BCUT2D eigenvalue weighted by Crippen LogP contribution is -2.24. The molecule has 0 spiro atoms. The predicted molar refractivity (Wildman–Crippen MR) is 59.2 cm³/mol. The molecule has 0 amide bonds. The highest BCUT2D eigenvalue weighted by Crippen LogP contribution is 2.17. The van der Waals surface area contributed by atoms with Gasteiger partial charge in [0.15, 0.2) is 0 Å². The number of methoxy groups -OCH3 is 1. The van der Waals surface area contributed by atoms with Gasteiger partial charge in [-0.15, -0.1) is 0 Å². The van der Waals surface area contributed by atoms with E-state index < -0.39 is 0 Å². The van der Waals surface area contributed by atoms with E-state index in [0.717, 1.165) is 11.4 Å². The van der Waals surface area contributed by atoms with Crippen LogP contribution >= 0.6 is 0 Å². The Morgan fingerprint density at radius 1 is 1.40 bits per heavy atom. The molecule has 0 saturated heterocycles. The first kappa shape index (κ1) is 11.8. The van der Waals surface area contributed by atoms with Crippen molar-refractivity contribution in [2.45, 2.75) is 12.5 Å². The van der Waals surface area contributed by atoms with Gasteiger partial charge in [-0.25, -0.2) is 0 Å². The van der Waals surface area contributed by atoms with Crippen LogP contribution in [-0.4, -0.2) is 36.6 Å². The third kappa shape index (κ3) is 3.77. The minimum Gasteiger partial charge on any atom is -0.497 e. The quantitative estimate of drug-likeness (QED) is 0.653. The van der Waals surface area contributed by atoms with Crippen LogP contribution in [0.5, 0.6) is 5.75 Å². The molecule has 0 bridgehead atoms. The zero-order chi connectivity index (χ0) is 11.1. The molecule has 0 unspecified atom stereocenters. The van der Waals surface area contributed by atoms with Crippen LogP contribution in [0.15, 0.2) is 24.3 Å². The lowest BCUT2D eigenvalue weighted by molar-refractivity contribution is 0.229. The number of ether oxygens (including phenoxy) is 1. The van der Waals surface area contributed by atoms with E-state index in [0.29, 0.717) is 6.42 Å². The number of benzene rings is 1. The standard InChI is InChI=1S/C11H17NO3/c1-15-11-4-2-3-9(7-11)12-10(8-14)5-6-13/h2-4,7,10,12-14H,5-6,8H2,1H3/t10-/m0/s1. The van der Waals surface area contributed by atoms with E-state index in [9.17, 15) is 0 Å². The number of nitrogens with one attached hydrogen (secondary N) is 1. The van der Waals surface area contributed by atoms with Crippen LogP contribution < -0.4 is 10.1 Å². The van der Waals surface area contributed by atoms with E-state index >= 15 is 0 Å². The Balaban J connectivity index is 2.61. The lowest BCUT2D eigenvalue weighted by Gasteiger charge is -2.16. The van der Waals surface area contributed by atoms with Crippen molar-refractivity contribution in [2.24, 2.45) is 0 Å². The number of aliphatic hydroxyl groups is 2. The van der Waals surface area contributed by atoms with Crippen molar-refractivity contribution in [3.05, 3.63) is 24.3 Å². The minimum atomic E-state index is -0.123. The molecule has 0 fully saturated rings. The van der Waals surface area contributed by atoms with E-state index in [-0.39, 0.29) is 19.3 Å². The van der Waals surface area contributed by atoms with Gasteiger partial charge in [0.25, 0.3) is 0 Å². The topological polar surface area (TPSA) is 61.7 Å². The minimum absolute atomic E-state index is 0.00221. The number of hydrogen-bond acceptors (Lipinski definition) is 4. The Morgan fingerprint density at radius 3 is 2.80 bits per heavy atom. The lowest BCUT2D eigenvalue weighted by atomic mass is 10.2. The maximum atomic E-state index is 9.04. The van der Waals surface area contributed by atoms with E-state index in [4.69, 9.17) is 14.9 Å². The van der Waals surface area contributed by atoms with Crippen molar-refractivity contribution in [3.8, 4) is 5.75 Å². The highest BCUT2D eigenvalue weighted by molar-refractivity contribution is 5.48. The van der Waals surface area contributed by atoms with E-state index in [1.165, 1.54) is 0 Å². The van der Waals surface area contributed by atoms with Crippen molar-refractivity contribution in [3.63, 3.8) is 0 Å². The molecule has 4 heteroatoms. The average Bonchev–Trinajstić information content (AvgIpc) is 2.29. The Bertz CT molecular complexity index is 291. The van der Waals surface area contributed by atoms with Gasteiger partial charge in [-0.2, -0.15) is 0 Å².